The van der Waals surface area contributed by atoms with Gasteiger partial charge in [0.2, 0.25) is 0 Å². The second-order valence-electron chi connectivity index (χ2n) is 3.64. The predicted octanol–water partition coefficient (Wildman–Crippen LogP) is -0.389. The number of hydrogen-bond acceptors (Lipinski definition) is 5. The Morgan fingerprint density at radius 3 is 2.94 bits per heavy atom. The summed E-state index contributed by atoms with van der Waals surface area (Å²) in [6.45, 7) is 3.76. The maximum atomic E-state index is 11.6. The lowest BCUT2D eigenvalue weighted by Gasteiger charge is -2.26. The van der Waals surface area contributed by atoms with Crippen LogP contribution in [0.15, 0.2) is 11.0 Å². The van der Waals surface area contributed by atoms with E-state index in [0.717, 1.165) is 26.3 Å². The monoisotopic (exact) mass is 225 g/mol. The Labute approximate surface area is 93.2 Å². The molecule has 0 unspecified atom stereocenters. The van der Waals surface area contributed by atoms with E-state index in [0.29, 0.717) is 12.1 Å². The maximum Gasteiger partial charge on any atom is 0.296 e. The molecule has 0 amide bonds. The van der Waals surface area contributed by atoms with E-state index in [2.05, 4.69) is 14.9 Å². The van der Waals surface area contributed by atoms with Gasteiger partial charge in [-0.15, -0.1) is 0 Å². The molecule has 1 saturated heterocycles. The van der Waals surface area contributed by atoms with Gasteiger partial charge in [0.15, 0.2) is 0 Å². The van der Waals surface area contributed by atoms with Crippen LogP contribution < -0.4 is 10.3 Å². The Morgan fingerprint density at radius 1 is 1.56 bits per heavy atom. The normalized spacial score (nSPS) is 17.3. The predicted molar refractivity (Wildman–Crippen MR) is 57.5 cm³/mol. The second-order valence-corrected chi connectivity index (χ2v) is 3.64. The van der Waals surface area contributed by atoms with E-state index in [4.69, 9.17) is 9.47 Å². The minimum atomic E-state index is -0.140. The van der Waals surface area contributed by atoms with E-state index in [1.807, 2.05) is 0 Å². The number of aromatic nitrogens is 2. The Balaban J connectivity index is 2.06. The van der Waals surface area contributed by atoms with Gasteiger partial charge in [-0.2, -0.15) is 0 Å². The second kappa shape index (κ2) is 5.09. The van der Waals surface area contributed by atoms with Gasteiger partial charge in [0.1, 0.15) is 0 Å². The van der Waals surface area contributed by atoms with E-state index in [9.17, 15) is 4.79 Å². The average molecular weight is 225 g/mol. The largest absolute Gasteiger partial charge is 0.468 e. The summed E-state index contributed by atoms with van der Waals surface area (Å²) in [5.74, 6) is 0. The SMILES string of the molecule is COc1ncc(CN2CCOCC2)c(=O)[nH]1. The molecule has 0 atom stereocenters. The van der Waals surface area contributed by atoms with E-state index in [-0.39, 0.29) is 11.6 Å². The van der Waals surface area contributed by atoms with Crippen LogP contribution >= 0.6 is 0 Å². The van der Waals surface area contributed by atoms with Crippen LogP contribution in [0.4, 0.5) is 0 Å². The van der Waals surface area contributed by atoms with Crippen LogP contribution in [0.5, 0.6) is 6.01 Å². The van der Waals surface area contributed by atoms with Crippen molar-refractivity contribution in [2.45, 2.75) is 6.54 Å². The summed E-state index contributed by atoms with van der Waals surface area (Å²) in [5, 5.41) is 0. The van der Waals surface area contributed by atoms with Crippen molar-refractivity contribution < 1.29 is 9.47 Å². The molecule has 1 aliphatic heterocycles. The Kier molecular flexibility index (Phi) is 3.53. The molecule has 2 rings (SSSR count). The van der Waals surface area contributed by atoms with Crippen molar-refractivity contribution in [3.8, 4) is 6.01 Å². The van der Waals surface area contributed by atoms with Crippen molar-refractivity contribution in [1.82, 2.24) is 14.9 Å². The number of methoxy groups -OCH3 is 1. The first-order chi connectivity index (χ1) is 7.79. The molecular formula is C10H15N3O3. The van der Waals surface area contributed by atoms with Crippen LogP contribution in [0.3, 0.4) is 0 Å². The van der Waals surface area contributed by atoms with Crippen LogP contribution in [0.1, 0.15) is 5.56 Å². The van der Waals surface area contributed by atoms with Gasteiger partial charge < -0.3 is 9.47 Å². The lowest BCUT2D eigenvalue weighted by molar-refractivity contribution is 0.0339. The molecule has 0 spiro atoms. The molecule has 1 aliphatic rings. The number of nitrogens with one attached hydrogen (secondary N) is 1. The summed E-state index contributed by atoms with van der Waals surface area (Å²) >= 11 is 0. The lowest BCUT2D eigenvalue weighted by atomic mass is 10.3. The van der Waals surface area contributed by atoms with Gasteiger partial charge >= 0.3 is 0 Å². The van der Waals surface area contributed by atoms with E-state index in [1.54, 1.807) is 6.20 Å². The van der Waals surface area contributed by atoms with Gasteiger partial charge in [-0.25, -0.2) is 4.98 Å². The zero-order valence-electron chi connectivity index (χ0n) is 9.23. The third-order valence-corrected chi connectivity index (χ3v) is 2.54. The Bertz CT molecular complexity index is 399. The summed E-state index contributed by atoms with van der Waals surface area (Å²) in [5.41, 5.74) is 0.515. The molecule has 2 heterocycles. The molecule has 0 saturated carbocycles. The van der Waals surface area contributed by atoms with Crippen molar-refractivity contribution in [3.05, 3.63) is 22.1 Å². The first-order valence-electron chi connectivity index (χ1n) is 5.22. The fourth-order valence-electron chi connectivity index (χ4n) is 1.62. The van der Waals surface area contributed by atoms with Crippen molar-refractivity contribution in [2.24, 2.45) is 0 Å². The molecule has 6 nitrogen and oxygen atoms in total. The number of ether oxygens (including phenoxy) is 2. The number of morpholine rings is 1. The zero-order valence-corrected chi connectivity index (χ0v) is 9.23. The molecule has 0 aromatic carbocycles. The molecule has 88 valence electrons. The molecule has 1 aromatic rings. The van der Waals surface area contributed by atoms with Crippen LogP contribution in [-0.2, 0) is 11.3 Å². The molecule has 6 heteroatoms. The van der Waals surface area contributed by atoms with Crippen molar-refractivity contribution in [3.63, 3.8) is 0 Å². The number of hydrogen-bond donors (Lipinski definition) is 1. The van der Waals surface area contributed by atoms with E-state index < -0.39 is 0 Å². The minimum Gasteiger partial charge on any atom is -0.468 e. The molecule has 0 aliphatic carbocycles. The summed E-state index contributed by atoms with van der Waals surface area (Å²) in [6.07, 6.45) is 1.56. The summed E-state index contributed by atoms with van der Waals surface area (Å²) < 4.78 is 10.1. The standard InChI is InChI=1S/C10H15N3O3/c1-15-10-11-6-8(9(14)12-10)7-13-2-4-16-5-3-13/h6H,2-5,7H2,1H3,(H,11,12,14). The maximum absolute atomic E-state index is 11.6. The smallest absolute Gasteiger partial charge is 0.296 e. The summed E-state index contributed by atoms with van der Waals surface area (Å²) in [4.78, 5) is 20.4. The van der Waals surface area contributed by atoms with Crippen LogP contribution in [-0.4, -0.2) is 48.3 Å². The van der Waals surface area contributed by atoms with Crippen LogP contribution in [0, 0.1) is 0 Å². The van der Waals surface area contributed by atoms with Gasteiger partial charge in [0.25, 0.3) is 11.6 Å². The number of rotatable bonds is 3. The van der Waals surface area contributed by atoms with Gasteiger partial charge in [-0.05, 0) is 0 Å². The van der Waals surface area contributed by atoms with Gasteiger partial charge in [0, 0.05) is 31.4 Å². The van der Waals surface area contributed by atoms with Crippen molar-refractivity contribution in [2.75, 3.05) is 33.4 Å². The Morgan fingerprint density at radius 2 is 2.31 bits per heavy atom. The van der Waals surface area contributed by atoms with E-state index in [1.165, 1.54) is 7.11 Å². The van der Waals surface area contributed by atoms with Crippen LogP contribution in [0.2, 0.25) is 0 Å². The quantitative estimate of drug-likeness (QED) is 0.759. The molecule has 1 N–H and O–H groups in total. The fraction of sp³-hybridized carbons (Fsp3) is 0.600. The third-order valence-electron chi connectivity index (χ3n) is 2.54. The highest BCUT2D eigenvalue weighted by Gasteiger charge is 2.12. The fourth-order valence-corrected chi connectivity index (χ4v) is 1.62. The van der Waals surface area contributed by atoms with Gasteiger partial charge in [0.05, 0.1) is 20.3 Å². The minimum absolute atomic E-state index is 0.140. The molecule has 1 fully saturated rings. The highest BCUT2D eigenvalue weighted by molar-refractivity contribution is 5.08. The highest BCUT2D eigenvalue weighted by Crippen LogP contribution is 2.03. The van der Waals surface area contributed by atoms with Crippen molar-refractivity contribution >= 4 is 0 Å². The molecule has 16 heavy (non-hydrogen) atoms. The Hall–Kier alpha value is -1.40. The summed E-state index contributed by atoms with van der Waals surface area (Å²) in [6, 6.07) is 0.246. The molecule has 0 radical (unpaired) electrons. The molecule has 1 aromatic heterocycles. The molecule has 0 bridgehead atoms. The highest BCUT2D eigenvalue weighted by atomic mass is 16.5. The number of H-pyrrole nitrogens is 1. The van der Waals surface area contributed by atoms with Gasteiger partial charge in [-0.1, -0.05) is 0 Å². The van der Waals surface area contributed by atoms with E-state index >= 15 is 0 Å². The summed E-state index contributed by atoms with van der Waals surface area (Å²) in [7, 11) is 1.47. The molecular weight excluding hydrogens is 210 g/mol. The van der Waals surface area contributed by atoms with Crippen LogP contribution in [0.25, 0.3) is 0 Å². The van der Waals surface area contributed by atoms with Crippen molar-refractivity contribution in [1.29, 1.82) is 0 Å². The number of aromatic amines is 1. The number of nitrogens with zero attached hydrogens (tertiary/aromatic N) is 2. The lowest BCUT2D eigenvalue weighted by Crippen LogP contribution is -2.37. The average Bonchev–Trinajstić information content (AvgIpc) is 2.33. The third kappa shape index (κ3) is 2.59. The first kappa shape index (κ1) is 11.1. The topological polar surface area (TPSA) is 67.5 Å². The zero-order chi connectivity index (χ0) is 11.4. The van der Waals surface area contributed by atoms with Gasteiger partial charge in [-0.3, -0.25) is 14.7 Å². The first-order valence-corrected chi connectivity index (χ1v) is 5.22.